The first-order valence-electron chi connectivity index (χ1n) is 4.92. The molecule has 0 saturated carbocycles. The number of H-pyrrole nitrogens is 1. The van der Waals surface area contributed by atoms with E-state index in [1.807, 2.05) is 6.07 Å². The molecule has 0 spiro atoms. The Bertz CT molecular complexity index is 226. The van der Waals surface area contributed by atoms with Crippen molar-refractivity contribution in [1.29, 1.82) is 0 Å². The summed E-state index contributed by atoms with van der Waals surface area (Å²) in [4.78, 5) is 0. The van der Waals surface area contributed by atoms with Gasteiger partial charge in [-0.25, -0.2) is 10.4 Å². The molecule has 2 N–H and O–H groups in total. The first-order valence-corrected chi connectivity index (χ1v) is 4.92. The van der Waals surface area contributed by atoms with Crippen LogP contribution in [0.2, 0.25) is 0 Å². The summed E-state index contributed by atoms with van der Waals surface area (Å²) in [5, 5.41) is 9.14. The van der Waals surface area contributed by atoms with E-state index in [9.17, 15) is 0 Å². The van der Waals surface area contributed by atoms with E-state index < -0.39 is 0 Å². The normalized spacial score (nSPS) is 19.1. The van der Waals surface area contributed by atoms with Crippen LogP contribution < -0.4 is 5.43 Å². The number of aromatic nitrogens is 2. The fourth-order valence-corrected chi connectivity index (χ4v) is 1.63. The Morgan fingerprint density at radius 3 is 2.92 bits per heavy atom. The maximum Gasteiger partial charge on any atom is 0.0521 e. The molecule has 0 aliphatic carbocycles. The van der Waals surface area contributed by atoms with Gasteiger partial charge in [0.1, 0.15) is 0 Å². The van der Waals surface area contributed by atoms with Gasteiger partial charge in [0.15, 0.2) is 0 Å². The number of piperidine rings is 1. The lowest BCUT2D eigenvalue weighted by Gasteiger charge is -2.26. The third-order valence-electron chi connectivity index (χ3n) is 2.41. The third-order valence-corrected chi connectivity index (χ3v) is 2.41. The number of hydrogen-bond donors (Lipinski definition) is 2. The van der Waals surface area contributed by atoms with Crippen molar-refractivity contribution in [2.45, 2.75) is 25.8 Å². The maximum absolute atomic E-state index is 3.90. The van der Waals surface area contributed by atoms with Gasteiger partial charge in [-0.05, 0) is 18.9 Å². The van der Waals surface area contributed by atoms with E-state index in [2.05, 4.69) is 20.6 Å². The minimum atomic E-state index is 0.861. The van der Waals surface area contributed by atoms with E-state index in [-0.39, 0.29) is 0 Å². The van der Waals surface area contributed by atoms with Crippen LogP contribution in [0.15, 0.2) is 12.3 Å². The van der Waals surface area contributed by atoms with Crippen molar-refractivity contribution in [3.63, 3.8) is 0 Å². The van der Waals surface area contributed by atoms with Crippen molar-refractivity contribution in [3.8, 4) is 0 Å². The molecule has 0 radical (unpaired) electrons. The molecule has 1 saturated heterocycles. The molecular weight excluding hydrogens is 164 g/mol. The number of nitrogens with zero attached hydrogens (tertiary/aromatic N) is 2. The minimum absolute atomic E-state index is 0.861. The molecule has 0 aromatic carbocycles. The maximum atomic E-state index is 3.90. The van der Waals surface area contributed by atoms with Crippen LogP contribution in [0.3, 0.4) is 0 Å². The van der Waals surface area contributed by atoms with E-state index in [0.717, 1.165) is 12.2 Å². The summed E-state index contributed by atoms with van der Waals surface area (Å²) in [6, 6.07) is 2.00. The highest BCUT2D eigenvalue weighted by atomic mass is 15.5. The number of rotatable bonds is 3. The second-order valence-electron chi connectivity index (χ2n) is 3.46. The van der Waals surface area contributed by atoms with Gasteiger partial charge in [-0.3, -0.25) is 5.10 Å². The van der Waals surface area contributed by atoms with E-state index >= 15 is 0 Å². The predicted molar refractivity (Wildman–Crippen MR) is 50.9 cm³/mol. The SMILES string of the molecule is c1cc(CNN2CCCCC2)[nH]n1. The van der Waals surface area contributed by atoms with Crippen molar-refractivity contribution < 1.29 is 0 Å². The van der Waals surface area contributed by atoms with Crippen LogP contribution >= 0.6 is 0 Å². The number of hydrogen-bond acceptors (Lipinski definition) is 3. The Balaban J connectivity index is 1.72. The van der Waals surface area contributed by atoms with Crippen LogP contribution in [0.4, 0.5) is 0 Å². The number of aromatic amines is 1. The average molecular weight is 180 g/mol. The van der Waals surface area contributed by atoms with Gasteiger partial charge in [-0.1, -0.05) is 6.42 Å². The lowest BCUT2D eigenvalue weighted by atomic mass is 10.2. The van der Waals surface area contributed by atoms with Gasteiger partial charge in [0.25, 0.3) is 0 Å². The van der Waals surface area contributed by atoms with E-state index in [1.54, 1.807) is 6.20 Å². The van der Waals surface area contributed by atoms with E-state index in [0.29, 0.717) is 0 Å². The highest BCUT2D eigenvalue weighted by Crippen LogP contribution is 2.06. The Hall–Kier alpha value is -0.870. The van der Waals surface area contributed by atoms with Gasteiger partial charge in [0.05, 0.1) is 12.2 Å². The zero-order valence-electron chi connectivity index (χ0n) is 7.79. The fraction of sp³-hybridized carbons (Fsp3) is 0.667. The van der Waals surface area contributed by atoms with Gasteiger partial charge < -0.3 is 0 Å². The van der Waals surface area contributed by atoms with Crippen LogP contribution in [0.25, 0.3) is 0 Å². The fourth-order valence-electron chi connectivity index (χ4n) is 1.63. The Kier molecular flexibility index (Phi) is 2.94. The average Bonchev–Trinajstić information content (AvgIpc) is 2.69. The lowest BCUT2D eigenvalue weighted by molar-refractivity contribution is 0.150. The minimum Gasteiger partial charge on any atom is -0.281 e. The van der Waals surface area contributed by atoms with Gasteiger partial charge >= 0.3 is 0 Å². The van der Waals surface area contributed by atoms with E-state index in [1.165, 1.54) is 32.4 Å². The Morgan fingerprint density at radius 1 is 1.38 bits per heavy atom. The summed E-state index contributed by atoms with van der Waals surface area (Å²) in [5.41, 5.74) is 4.53. The van der Waals surface area contributed by atoms with Crippen molar-refractivity contribution in [3.05, 3.63) is 18.0 Å². The smallest absolute Gasteiger partial charge is 0.0521 e. The van der Waals surface area contributed by atoms with Crippen LogP contribution in [-0.4, -0.2) is 28.3 Å². The number of nitrogens with one attached hydrogen (secondary N) is 2. The summed E-state index contributed by atoms with van der Waals surface area (Å²) in [7, 11) is 0. The Labute approximate surface area is 78.3 Å². The largest absolute Gasteiger partial charge is 0.281 e. The number of hydrazine groups is 1. The molecule has 1 fully saturated rings. The van der Waals surface area contributed by atoms with Gasteiger partial charge in [-0.15, -0.1) is 0 Å². The van der Waals surface area contributed by atoms with Crippen molar-refractivity contribution in [2.24, 2.45) is 0 Å². The molecule has 0 atom stereocenters. The van der Waals surface area contributed by atoms with Gasteiger partial charge in [0.2, 0.25) is 0 Å². The topological polar surface area (TPSA) is 44.0 Å². The first-order chi connectivity index (χ1) is 6.45. The molecular formula is C9H16N4. The van der Waals surface area contributed by atoms with Crippen LogP contribution in [-0.2, 0) is 6.54 Å². The molecule has 1 aliphatic heterocycles. The molecule has 1 aromatic heterocycles. The highest BCUT2D eigenvalue weighted by Gasteiger charge is 2.08. The van der Waals surface area contributed by atoms with Crippen molar-refractivity contribution >= 4 is 0 Å². The second kappa shape index (κ2) is 4.39. The Morgan fingerprint density at radius 2 is 2.23 bits per heavy atom. The summed E-state index contributed by atoms with van der Waals surface area (Å²) in [6.07, 6.45) is 5.79. The van der Waals surface area contributed by atoms with Crippen LogP contribution in [0, 0.1) is 0 Å². The molecule has 72 valence electrons. The molecule has 2 rings (SSSR count). The summed E-state index contributed by atoms with van der Waals surface area (Å²) < 4.78 is 0. The molecule has 0 unspecified atom stereocenters. The second-order valence-corrected chi connectivity index (χ2v) is 3.46. The monoisotopic (exact) mass is 180 g/mol. The van der Waals surface area contributed by atoms with Crippen LogP contribution in [0.1, 0.15) is 25.0 Å². The highest BCUT2D eigenvalue weighted by molar-refractivity contribution is 4.96. The molecule has 2 heterocycles. The molecule has 4 nitrogen and oxygen atoms in total. The summed E-state index contributed by atoms with van der Waals surface area (Å²) >= 11 is 0. The lowest BCUT2D eigenvalue weighted by Crippen LogP contribution is -2.41. The molecule has 13 heavy (non-hydrogen) atoms. The molecule has 4 heteroatoms. The zero-order valence-corrected chi connectivity index (χ0v) is 7.79. The summed E-state index contributed by atoms with van der Waals surface area (Å²) in [5.74, 6) is 0. The van der Waals surface area contributed by atoms with Gasteiger partial charge in [0, 0.05) is 19.3 Å². The zero-order chi connectivity index (χ0) is 8.93. The van der Waals surface area contributed by atoms with Crippen molar-refractivity contribution in [2.75, 3.05) is 13.1 Å². The third kappa shape index (κ3) is 2.54. The van der Waals surface area contributed by atoms with E-state index in [4.69, 9.17) is 0 Å². The first kappa shape index (κ1) is 8.72. The predicted octanol–water partition coefficient (Wildman–Crippen LogP) is 0.900. The molecule has 1 aromatic rings. The van der Waals surface area contributed by atoms with Gasteiger partial charge in [-0.2, -0.15) is 5.10 Å². The molecule has 0 amide bonds. The standard InChI is InChI=1S/C9H16N4/c1-2-6-13(7-3-1)11-8-9-4-5-10-12-9/h4-5,11H,1-3,6-8H2,(H,10,12). The quantitative estimate of drug-likeness (QED) is 0.726. The van der Waals surface area contributed by atoms with Crippen molar-refractivity contribution in [1.82, 2.24) is 20.6 Å². The molecule has 0 bridgehead atoms. The van der Waals surface area contributed by atoms with Crippen LogP contribution in [0.5, 0.6) is 0 Å². The molecule has 1 aliphatic rings. The summed E-state index contributed by atoms with van der Waals surface area (Å²) in [6.45, 7) is 3.21.